The molecule has 0 radical (unpaired) electrons. The number of hydrogen-bond donors (Lipinski definition) is 0. The van der Waals surface area contributed by atoms with E-state index in [9.17, 15) is 0 Å². The van der Waals surface area contributed by atoms with Gasteiger partial charge in [0.1, 0.15) is 0 Å². The van der Waals surface area contributed by atoms with Crippen molar-refractivity contribution in [1.29, 1.82) is 0 Å². The first-order valence-electron chi connectivity index (χ1n) is 11.5. The van der Waals surface area contributed by atoms with Crippen LogP contribution < -0.4 is 9.80 Å². The van der Waals surface area contributed by atoms with Gasteiger partial charge in [0, 0.05) is 49.3 Å². The predicted octanol–water partition coefficient (Wildman–Crippen LogP) is 7.51. The van der Waals surface area contributed by atoms with Crippen LogP contribution >= 0.6 is 15.9 Å². The molecule has 0 fully saturated rings. The molecule has 34 heavy (non-hydrogen) atoms. The molecule has 1 unspecified atom stereocenters. The summed E-state index contributed by atoms with van der Waals surface area (Å²) in [6.45, 7) is 4.39. The van der Waals surface area contributed by atoms with Crippen LogP contribution in [0.1, 0.15) is 22.3 Å². The molecule has 1 aliphatic heterocycles. The van der Waals surface area contributed by atoms with Gasteiger partial charge in [-0.2, -0.15) is 0 Å². The van der Waals surface area contributed by atoms with E-state index in [1.807, 2.05) is 0 Å². The fourth-order valence-corrected chi connectivity index (χ4v) is 5.60. The first kappa shape index (κ1) is 22.7. The fourth-order valence-electron chi connectivity index (χ4n) is 5.04. The first-order chi connectivity index (χ1) is 16.4. The van der Waals surface area contributed by atoms with Gasteiger partial charge in [-0.3, -0.25) is 0 Å². The van der Waals surface area contributed by atoms with Crippen LogP contribution in [0.4, 0.5) is 17.1 Å². The van der Waals surface area contributed by atoms with E-state index in [-0.39, 0.29) is 0 Å². The van der Waals surface area contributed by atoms with Crippen LogP contribution in [0.5, 0.6) is 0 Å². The van der Waals surface area contributed by atoms with E-state index in [0.29, 0.717) is 0 Å². The molecule has 1 heterocycles. The van der Waals surface area contributed by atoms with E-state index in [1.54, 1.807) is 7.11 Å². The third-order valence-corrected chi connectivity index (χ3v) is 7.69. The van der Waals surface area contributed by atoms with E-state index >= 15 is 0 Å². The van der Waals surface area contributed by atoms with Gasteiger partial charge in [0.2, 0.25) is 0 Å². The summed E-state index contributed by atoms with van der Waals surface area (Å²) in [6, 6.07) is 23.8. The van der Waals surface area contributed by atoms with E-state index < -0.39 is 4.51 Å². The van der Waals surface area contributed by atoms with E-state index in [4.69, 9.17) is 4.74 Å². The molecule has 0 N–H and O–H groups in total. The average Bonchev–Trinajstić information content (AvgIpc) is 2.83. The fraction of sp³-hybridized carbons (Fsp3) is 0.200. The van der Waals surface area contributed by atoms with Crippen LogP contribution in [0.2, 0.25) is 0 Å². The summed E-state index contributed by atoms with van der Waals surface area (Å²) in [5.74, 6) is 0. The van der Waals surface area contributed by atoms with Crippen LogP contribution in [0, 0.1) is 13.8 Å². The quantitative estimate of drug-likeness (QED) is 0.336. The maximum absolute atomic E-state index is 6.14. The van der Waals surface area contributed by atoms with E-state index in [0.717, 1.165) is 28.3 Å². The zero-order valence-electron chi connectivity index (χ0n) is 20.3. The number of hydrogen-bond acceptors (Lipinski definition) is 3. The number of rotatable bonds is 4. The van der Waals surface area contributed by atoms with Gasteiger partial charge in [-0.05, 0) is 82.9 Å². The molecule has 172 valence electrons. The minimum atomic E-state index is -0.744. The number of benzene rings is 3. The molecular formula is C30H29BrN2O. The summed E-state index contributed by atoms with van der Waals surface area (Å²) >= 11 is 3.97. The maximum atomic E-state index is 6.14. The highest BCUT2D eigenvalue weighted by atomic mass is 79.9. The molecule has 0 saturated heterocycles. The van der Waals surface area contributed by atoms with Gasteiger partial charge < -0.3 is 14.5 Å². The second-order valence-electron chi connectivity index (χ2n) is 9.04. The third-order valence-electron chi connectivity index (χ3n) is 6.70. The van der Waals surface area contributed by atoms with Crippen LogP contribution in [-0.4, -0.2) is 25.7 Å². The highest BCUT2D eigenvalue weighted by Gasteiger charge is 2.42. The number of methoxy groups -OCH3 is 1. The van der Waals surface area contributed by atoms with E-state index in [2.05, 4.69) is 139 Å². The summed E-state index contributed by atoms with van der Waals surface area (Å²) in [5.41, 5.74) is 11.8. The smallest absolute Gasteiger partial charge is 0.169 e. The summed E-state index contributed by atoms with van der Waals surface area (Å²) in [5, 5.41) is 0. The summed E-state index contributed by atoms with van der Waals surface area (Å²) in [7, 11) is 5.93. The number of para-hydroxylation sites is 1. The summed E-state index contributed by atoms with van der Waals surface area (Å²) in [6.07, 6.45) is 6.36. The molecular weight excluding hydrogens is 484 g/mol. The van der Waals surface area contributed by atoms with Gasteiger partial charge in [0.15, 0.2) is 4.51 Å². The number of nitrogens with zero attached hydrogens (tertiary/aromatic N) is 2. The van der Waals surface area contributed by atoms with Gasteiger partial charge >= 0.3 is 0 Å². The molecule has 1 aliphatic carbocycles. The topological polar surface area (TPSA) is 15.7 Å². The van der Waals surface area contributed by atoms with Crippen LogP contribution in [-0.2, 0) is 4.74 Å². The Labute approximate surface area is 210 Å². The number of aryl methyl sites for hydroxylation is 2. The van der Waals surface area contributed by atoms with E-state index in [1.165, 1.54) is 27.8 Å². The van der Waals surface area contributed by atoms with Crippen LogP contribution in [0.25, 0.3) is 5.57 Å². The third kappa shape index (κ3) is 3.53. The molecule has 3 aromatic carbocycles. The molecule has 0 saturated carbocycles. The van der Waals surface area contributed by atoms with Crippen molar-refractivity contribution < 1.29 is 4.74 Å². The number of alkyl halides is 1. The first-order valence-corrected chi connectivity index (χ1v) is 12.3. The number of ether oxygens (including phenoxy) is 1. The molecule has 5 rings (SSSR count). The van der Waals surface area contributed by atoms with Crippen molar-refractivity contribution in [1.82, 2.24) is 0 Å². The Morgan fingerprint density at radius 3 is 2.26 bits per heavy atom. The Hall–Kier alpha value is -3.08. The Balaban J connectivity index is 1.94. The SMILES string of the molecule is COC1(Br)C=CC=C2C1=C(c1c(C)cccc1C)c1ccc(N(C)C)cc1N2c1ccccc1. The molecule has 0 spiro atoms. The van der Waals surface area contributed by atoms with Gasteiger partial charge in [-0.1, -0.05) is 48.5 Å². The summed E-state index contributed by atoms with van der Waals surface area (Å²) < 4.78 is 5.39. The second-order valence-corrected chi connectivity index (χ2v) is 10.2. The summed E-state index contributed by atoms with van der Waals surface area (Å²) in [4.78, 5) is 4.51. The van der Waals surface area contributed by atoms with Crippen molar-refractivity contribution in [3.63, 3.8) is 0 Å². The number of allylic oxidation sites excluding steroid dienone is 2. The van der Waals surface area contributed by atoms with Gasteiger partial charge in [0.05, 0.1) is 11.4 Å². The standard InChI is InChI=1S/C30H29BrN2O/c1-20-11-9-12-21(2)27(20)28-24-17-16-23(32(3)4)19-26(24)33(22-13-7-6-8-14-22)25-15-10-18-30(31,34-5)29(25)28/h6-19H,1-5H3. The molecule has 1 atom stereocenters. The van der Waals surface area contributed by atoms with Crippen molar-refractivity contribution >= 4 is 38.6 Å². The number of halogens is 1. The molecule has 4 heteroatoms. The lowest BCUT2D eigenvalue weighted by Gasteiger charge is -2.43. The number of anilines is 3. The Bertz CT molecular complexity index is 1330. The lowest BCUT2D eigenvalue weighted by molar-refractivity contribution is 0.147. The van der Waals surface area contributed by atoms with Crippen LogP contribution in [0.3, 0.4) is 0 Å². The Morgan fingerprint density at radius 2 is 1.62 bits per heavy atom. The van der Waals surface area contributed by atoms with Crippen LogP contribution in [0.15, 0.2) is 96.2 Å². The zero-order valence-corrected chi connectivity index (χ0v) is 21.8. The molecule has 0 aromatic heterocycles. The molecule has 0 bridgehead atoms. The zero-order chi connectivity index (χ0) is 24.0. The van der Waals surface area contributed by atoms with Crippen molar-refractivity contribution in [2.75, 3.05) is 31.0 Å². The van der Waals surface area contributed by atoms with Crippen molar-refractivity contribution in [2.24, 2.45) is 0 Å². The highest BCUT2D eigenvalue weighted by Crippen LogP contribution is 2.54. The lowest BCUT2D eigenvalue weighted by atomic mass is 9.79. The Kier molecular flexibility index (Phi) is 5.75. The second kappa shape index (κ2) is 8.61. The van der Waals surface area contributed by atoms with Gasteiger partial charge in [-0.15, -0.1) is 0 Å². The molecule has 3 nitrogen and oxygen atoms in total. The molecule has 0 amide bonds. The monoisotopic (exact) mass is 512 g/mol. The highest BCUT2D eigenvalue weighted by molar-refractivity contribution is 9.10. The Morgan fingerprint density at radius 1 is 0.912 bits per heavy atom. The normalized spacial score (nSPS) is 19.0. The predicted molar refractivity (Wildman–Crippen MR) is 147 cm³/mol. The maximum Gasteiger partial charge on any atom is 0.169 e. The molecule has 2 aliphatic rings. The number of fused-ring (bicyclic) bond motifs is 2. The average molecular weight is 513 g/mol. The van der Waals surface area contributed by atoms with Gasteiger partial charge in [0.25, 0.3) is 0 Å². The lowest BCUT2D eigenvalue weighted by Crippen LogP contribution is -2.36. The minimum absolute atomic E-state index is 0.744. The van der Waals surface area contributed by atoms with Crippen molar-refractivity contribution in [3.8, 4) is 0 Å². The molecule has 3 aromatic rings. The van der Waals surface area contributed by atoms with Crippen molar-refractivity contribution in [3.05, 3.63) is 118 Å². The largest absolute Gasteiger partial charge is 0.378 e. The van der Waals surface area contributed by atoms with Crippen molar-refractivity contribution in [2.45, 2.75) is 18.4 Å². The van der Waals surface area contributed by atoms with Gasteiger partial charge in [-0.25, -0.2) is 0 Å². The minimum Gasteiger partial charge on any atom is -0.378 e.